The minimum Gasteiger partial charge on any atom is -0.333 e. The molecule has 0 radical (unpaired) electrons. The Morgan fingerprint density at radius 3 is 2.78 bits per heavy atom. The van der Waals surface area contributed by atoms with Gasteiger partial charge in [0.25, 0.3) is 0 Å². The first kappa shape index (κ1) is 21.5. The molecule has 0 atom stereocenters. The summed E-state index contributed by atoms with van der Waals surface area (Å²) in [5.41, 5.74) is 6.83. The summed E-state index contributed by atoms with van der Waals surface area (Å²) < 4.78 is 2.78. The van der Waals surface area contributed by atoms with Crippen LogP contribution in [0.2, 0.25) is 0 Å². The lowest BCUT2D eigenvalue weighted by Crippen LogP contribution is -3.03. The van der Waals surface area contributed by atoms with Gasteiger partial charge in [0.1, 0.15) is 23.3 Å². The zero-order valence-electron chi connectivity index (χ0n) is 18.6. The van der Waals surface area contributed by atoms with E-state index in [4.69, 9.17) is 9.82 Å². The molecular formula is C23H26BrN6OS+. The number of quaternary nitrogens is 1. The topological polar surface area (TPSA) is 81.0 Å². The number of nitrogens with two attached hydrogens (primary N) is 1. The summed E-state index contributed by atoms with van der Waals surface area (Å²) >= 11 is 5.21. The van der Waals surface area contributed by atoms with Crippen molar-refractivity contribution in [3.8, 4) is 0 Å². The molecule has 0 fully saturated rings. The van der Waals surface area contributed by atoms with E-state index in [9.17, 15) is 0 Å². The number of nitrogens with one attached hydrogen (secondary N) is 1. The largest absolute Gasteiger partial charge is 0.333 e. The number of hydroxylamine groups is 1. The van der Waals surface area contributed by atoms with Crippen LogP contribution in [0.15, 0.2) is 41.6 Å². The molecule has 166 valence electrons. The van der Waals surface area contributed by atoms with Crippen molar-refractivity contribution in [3.05, 3.63) is 63.5 Å². The molecule has 4 aromatic rings. The second kappa shape index (κ2) is 7.62. The Morgan fingerprint density at radius 2 is 2.03 bits per heavy atom. The maximum atomic E-state index is 5.65. The molecule has 32 heavy (non-hydrogen) atoms. The van der Waals surface area contributed by atoms with Crippen LogP contribution in [0.3, 0.4) is 0 Å². The van der Waals surface area contributed by atoms with Crippen LogP contribution in [0.1, 0.15) is 49.5 Å². The summed E-state index contributed by atoms with van der Waals surface area (Å²) in [6.07, 6.45) is 2.71. The summed E-state index contributed by atoms with van der Waals surface area (Å²) in [5, 5.41) is 8.16. The van der Waals surface area contributed by atoms with E-state index in [0.717, 1.165) is 32.3 Å². The molecule has 0 bridgehead atoms. The number of hydrogen-bond acceptors (Lipinski definition) is 6. The van der Waals surface area contributed by atoms with E-state index in [1.165, 1.54) is 10.4 Å². The molecule has 1 aliphatic rings. The van der Waals surface area contributed by atoms with Gasteiger partial charge in [-0.3, -0.25) is 10.3 Å². The number of fused-ring (bicyclic) bond motifs is 5. The molecule has 1 aliphatic heterocycles. The third-order valence-corrected chi connectivity index (χ3v) is 7.74. The van der Waals surface area contributed by atoms with E-state index >= 15 is 0 Å². The quantitative estimate of drug-likeness (QED) is 0.395. The average Bonchev–Trinajstić information content (AvgIpc) is 3.28. The third kappa shape index (κ3) is 3.83. The van der Waals surface area contributed by atoms with Crippen molar-refractivity contribution in [2.45, 2.75) is 51.8 Å². The highest BCUT2D eigenvalue weighted by atomic mass is 79.9. The predicted molar refractivity (Wildman–Crippen MR) is 130 cm³/mol. The molecule has 0 aliphatic carbocycles. The molecule has 5 rings (SSSR count). The number of hydrogen-bond donors (Lipinski definition) is 2. The lowest BCUT2D eigenvalue weighted by Gasteiger charge is -2.38. The molecule has 0 saturated carbocycles. The van der Waals surface area contributed by atoms with Gasteiger partial charge in [-0.05, 0) is 51.0 Å². The molecule has 3 N–H and O–H groups in total. The van der Waals surface area contributed by atoms with Gasteiger partial charge in [0, 0.05) is 10.9 Å². The average molecular weight is 514 g/mol. The zero-order chi connectivity index (χ0) is 22.7. The van der Waals surface area contributed by atoms with Crippen LogP contribution in [0.25, 0.3) is 21.6 Å². The van der Waals surface area contributed by atoms with E-state index in [-0.39, 0.29) is 17.7 Å². The zero-order valence-corrected chi connectivity index (χ0v) is 21.0. The Morgan fingerprint density at radius 1 is 1.28 bits per heavy atom. The summed E-state index contributed by atoms with van der Waals surface area (Å²) in [6.45, 7) is 13.4. The van der Waals surface area contributed by atoms with Crippen molar-refractivity contribution in [3.63, 3.8) is 0 Å². The smallest absolute Gasteiger partial charge is 0.180 e. The van der Waals surface area contributed by atoms with Crippen LogP contribution < -0.4 is 10.8 Å². The number of nitrogens with zero attached hydrogens (tertiary/aromatic N) is 4. The molecule has 7 nitrogen and oxygen atoms in total. The Bertz CT molecular complexity index is 1340. The molecule has 1 aromatic carbocycles. The van der Waals surface area contributed by atoms with Crippen molar-refractivity contribution in [1.29, 1.82) is 0 Å². The first-order valence-corrected chi connectivity index (χ1v) is 12.1. The van der Waals surface area contributed by atoms with Crippen molar-refractivity contribution < 1.29 is 10.2 Å². The van der Waals surface area contributed by atoms with E-state index in [0.29, 0.717) is 11.5 Å². The summed E-state index contributed by atoms with van der Waals surface area (Å²) in [7, 11) is 0. The van der Waals surface area contributed by atoms with Gasteiger partial charge in [-0.2, -0.15) is 0 Å². The SMILES string of the molecule is C=C(NOCc1nc2c3c4c(sc3ncn2n1)C(C)(C)[NH2+]C(C)(C)C4)c1ccc(Br)cc1. The Kier molecular flexibility index (Phi) is 5.12. The molecule has 3 aromatic heterocycles. The summed E-state index contributed by atoms with van der Waals surface area (Å²) in [5.74, 6) is 0.594. The minimum absolute atomic E-state index is 0.00269. The molecule has 0 unspecified atom stereocenters. The van der Waals surface area contributed by atoms with Gasteiger partial charge in [0.05, 0.1) is 21.5 Å². The van der Waals surface area contributed by atoms with Crippen LogP contribution in [0.5, 0.6) is 0 Å². The second-order valence-corrected chi connectivity index (χ2v) is 11.5. The van der Waals surface area contributed by atoms with Crippen molar-refractivity contribution >= 4 is 48.8 Å². The lowest BCUT2D eigenvalue weighted by molar-refractivity contribution is -0.789. The monoisotopic (exact) mass is 513 g/mol. The van der Waals surface area contributed by atoms with Gasteiger partial charge >= 0.3 is 0 Å². The van der Waals surface area contributed by atoms with Gasteiger partial charge in [-0.25, -0.2) is 14.5 Å². The van der Waals surface area contributed by atoms with Gasteiger partial charge in [-0.1, -0.05) is 34.6 Å². The molecule has 0 spiro atoms. The molecule has 0 amide bonds. The standard InChI is InChI=1S/C23H25BrN6OS/c1-13(14-6-8-15(24)9-7-14)28-31-11-17-26-20-18-16-10-22(2,3)29-23(4,5)19(16)32-21(18)25-12-30(20)27-17/h6-9,12,28-29H,1,10-11H2,2-5H3/p+1. The van der Waals surface area contributed by atoms with Crippen LogP contribution >= 0.6 is 27.3 Å². The molecule has 9 heteroatoms. The van der Waals surface area contributed by atoms with Gasteiger partial charge in [0.15, 0.2) is 11.5 Å². The van der Waals surface area contributed by atoms with E-state index in [1.54, 1.807) is 22.2 Å². The third-order valence-electron chi connectivity index (χ3n) is 5.73. The van der Waals surface area contributed by atoms with E-state index in [1.807, 2.05) is 24.3 Å². The number of halogens is 1. The summed E-state index contributed by atoms with van der Waals surface area (Å²) in [4.78, 5) is 17.5. The highest BCUT2D eigenvalue weighted by Crippen LogP contribution is 2.41. The predicted octanol–water partition coefficient (Wildman–Crippen LogP) is 3.93. The first-order chi connectivity index (χ1) is 15.1. The highest BCUT2D eigenvalue weighted by molar-refractivity contribution is 9.10. The molecular weight excluding hydrogens is 488 g/mol. The van der Waals surface area contributed by atoms with Crippen molar-refractivity contribution in [2.24, 2.45) is 0 Å². The van der Waals surface area contributed by atoms with E-state index in [2.05, 4.69) is 71.1 Å². The molecule has 0 saturated heterocycles. The van der Waals surface area contributed by atoms with E-state index < -0.39 is 0 Å². The van der Waals surface area contributed by atoms with Crippen LogP contribution in [0, 0.1) is 0 Å². The fourth-order valence-electron chi connectivity index (χ4n) is 4.70. The van der Waals surface area contributed by atoms with Crippen LogP contribution in [0.4, 0.5) is 0 Å². The van der Waals surface area contributed by atoms with Crippen molar-refractivity contribution in [2.75, 3.05) is 0 Å². The highest BCUT2D eigenvalue weighted by Gasteiger charge is 2.43. The Balaban J connectivity index is 1.42. The molecule has 4 heterocycles. The normalized spacial score (nSPS) is 16.9. The second-order valence-electron chi connectivity index (χ2n) is 9.54. The number of thiophene rings is 1. The van der Waals surface area contributed by atoms with Gasteiger partial charge in [-0.15, -0.1) is 16.4 Å². The Hall–Kier alpha value is -2.33. The van der Waals surface area contributed by atoms with Gasteiger partial charge in [0.2, 0.25) is 0 Å². The number of benzene rings is 1. The fraction of sp³-hybridized carbons (Fsp3) is 0.348. The first-order valence-electron chi connectivity index (χ1n) is 10.5. The minimum atomic E-state index is 0.00269. The van der Waals surface area contributed by atoms with Gasteiger partial charge < -0.3 is 5.32 Å². The maximum absolute atomic E-state index is 5.65. The fourth-order valence-corrected chi connectivity index (χ4v) is 6.19. The number of rotatable bonds is 5. The number of aromatic nitrogens is 4. The summed E-state index contributed by atoms with van der Waals surface area (Å²) in [6, 6.07) is 7.86. The maximum Gasteiger partial charge on any atom is 0.180 e. The van der Waals surface area contributed by atoms with Crippen molar-refractivity contribution in [1.82, 2.24) is 25.1 Å². The Labute approximate surface area is 199 Å². The van der Waals surface area contributed by atoms with Crippen LogP contribution in [-0.4, -0.2) is 25.1 Å². The van der Waals surface area contributed by atoms with Crippen LogP contribution in [-0.2, 0) is 23.4 Å². The lowest BCUT2D eigenvalue weighted by atomic mass is 9.82.